The summed E-state index contributed by atoms with van der Waals surface area (Å²) in [5.74, 6) is 1.15. The van der Waals surface area contributed by atoms with E-state index in [0.29, 0.717) is 17.9 Å². The minimum absolute atomic E-state index is 0.144. The Kier molecular flexibility index (Phi) is 6.57. The Balaban J connectivity index is 1.60. The number of methoxy groups -OCH3 is 1. The second-order valence-corrected chi connectivity index (χ2v) is 6.10. The van der Waals surface area contributed by atoms with Crippen molar-refractivity contribution in [3.8, 4) is 28.6 Å². The molecule has 0 aliphatic heterocycles. The topological polar surface area (TPSA) is 70.5 Å². The molecule has 0 unspecified atom stereocenters. The lowest BCUT2D eigenvalue weighted by molar-refractivity contribution is 0.0726. The van der Waals surface area contributed by atoms with E-state index in [2.05, 4.69) is 17.1 Å². The van der Waals surface area contributed by atoms with E-state index in [-0.39, 0.29) is 5.88 Å². The number of aromatic nitrogens is 2. The second-order valence-electron chi connectivity index (χ2n) is 6.10. The zero-order chi connectivity index (χ0) is 19.8. The van der Waals surface area contributed by atoms with E-state index in [1.807, 2.05) is 24.3 Å². The molecule has 0 fully saturated rings. The van der Waals surface area contributed by atoms with Crippen LogP contribution in [0.25, 0.3) is 11.3 Å². The molecule has 0 aliphatic rings. The summed E-state index contributed by atoms with van der Waals surface area (Å²) in [7, 11) is 1.62. The molecular formula is C22H22N2O4. The Labute approximate surface area is 164 Å². The molecule has 6 heteroatoms. The fraction of sp³-hybridized carbons (Fsp3) is 0.227. The zero-order valence-electron chi connectivity index (χ0n) is 15.9. The summed E-state index contributed by atoms with van der Waals surface area (Å²) in [5, 5.41) is 8.10. The van der Waals surface area contributed by atoms with Gasteiger partial charge in [0.2, 0.25) is 5.88 Å². The van der Waals surface area contributed by atoms with Gasteiger partial charge in [-0.2, -0.15) is 0 Å². The van der Waals surface area contributed by atoms with Gasteiger partial charge in [-0.05, 0) is 61.0 Å². The molecule has 1 aromatic heterocycles. The largest absolute Gasteiger partial charge is 0.497 e. The Morgan fingerprint density at radius 3 is 2.21 bits per heavy atom. The highest BCUT2D eigenvalue weighted by atomic mass is 16.5. The first-order chi connectivity index (χ1) is 13.7. The third kappa shape index (κ3) is 5.07. The highest BCUT2D eigenvalue weighted by molar-refractivity contribution is 5.91. The van der Waals surface area contributed by atoms with Gasteiger partial charge in [-0.3, -0.25) is 0 Å². The lowest BCUT2D eigenvalue weighted by Gasteiger charge is -2.07. The number of ether oxygens (including phenoxy) is 3. The Hall–Kier alpha value is -3.41. The number of hydrogen-bond acceptors (Lipinski definition) is 6. The van der Waals surface area contributed by atoms with E-state index in [9.17, 15) is 4.79 Å². The van der Waals surface area contributed by atoms with Crippen LogP contribution in [-0.4, -0.2) is 29.9 Å². The van der Waals surface area contributed by atoms with Gasteiger partial charge >= 0.3 is 5.97 Å². The van der Waals surface area contributed by atoms with Crippen LogP contribution in [0.15, 0.2) is 60.7 Å². The van der Waals surface area contributed by atoms with Crippen LogP contribution in [0.1, 0.15) is 30.1 Å². The van der Waals surface area contributed by atoms with Crippen molar-refractivity contribution in [3.05, 3.63) is 66.2 Å². The first-order valence-corrected chi connectivity index (χ1v) is 9.13. The molecular weight excluding hydrogens is 356 g/mol. The molecule has 144 valence electrons. The molecule has 0 saturated heterocycles. The number of rotatable bonds is 8. The number of nitrogens with zero attached hydrogens (tertiary/aromatic N) is 2. The first kappa shape index (κ1) is 19.4. The summed E-state index contributed by atoms with van der Waals surface area (Å²) in [5.41, 5.74) is 1.99. The number of carbonyl (C=O) groups is 1. The minimum atomic E-state index is -0.494. The maximum absolute atomic E-state index is 12.3. The van der Waals surface area contributed by atoms with Crippen molar-refractivity contribution in [3.63, 3.8) is 0 Å². The molecule has 0 bridgehead atoms. The van der Waals surface area contributed by atoms with Gasteiger partial charge in [0.1, 0.15) is 11.5 Å². The van der Waals surface area contributed by atoms with E-state index in [1.165, 1.54) is 0 Å². The van der Waals surface area contributed by atoms with Crippen LogP contribution in [0.2, 0.25) is 0 Å². The van der Waals surface area contributed by atoms with Crippen LogP contribution in [0.5, 0.6) is 17.4 Å². The van der Waals surface area contributed by atoms with E-state index >= 15 is 0 Å². The normalized spacial score (nSPS) is 10.4. The molecule has 0 radical (unpaired) electrons. The van der Waals surface area contributed by atoms with E-state index in [0.717, 1.165) is 29.9 Å². The summed E-state index contributed by atoms with van der Waals surface area (Å²) in [6.45, 7) is 2.77. The van der Waals surface area contributed by atoms with Crippen LogP contribution in [0, 0.1) is 0 Å². The molecule has 0 amide bonds. The predicted octanol–water partition coefficient (Wildman–Crippen LogP) is 4.55. The smallest absolute Gasteiger partial charge is 0.344 e. The number of carbonyl (C=O) groups excluding carboxylic acids is 1. The molecule has 3 rings (SSSR count). The minimum Gasteiger partial charge on any atom is -0.497 e. The fourth-order valence-electron chi connectivity index (χ4n) is 2.47. The number of hydrogen-bond donors (Lipinski definition) is 0. The van der Waals surface area contributed by atoms with Gasteiger partial charge in [-0.1, -0.05) is 13.3 Å². The van der Waals surface area contributed by atoms with E-state index in [4.69, 9.17) is 14.2 Å². The Morgan fingerprint density at radius 1 is 0.893 bits per heavy atom. The lowest BCUT2D eigenvalue weighted by atomic mass is 10.1. The van der Waals surface area contributed by atoms with Gasteiger partial charge in [0.05, 0.1) is 25.0 Å². The highest BCUT2D eigenvalue weighted by Crippen LogP contribution is 2.21. The number of benzene rings is 2. The van der Waals surface area contributed by atoms with Crippen molar-refractivity contribution in [1.82, 2.24) is 10.2 Å². The van der Waals surface area contributed by atoms with Crippen molar-refractivity contribution in [1.29, 1.82) is 0 Å². The number of unbranched alkanes of at least 4 members (excludes halogenated alkanes) is 1. The monoisotopic (exact) mass is 378 g/mol. The van der Waals surface area contributed by atoms with E-state index < -0.39 is 5.97 Å². The molecule has 0 atom stereocenters. The maximum atomic E-state index is 12.3. The average Bonchev–Trinajstić information content (AvgIpc) is 2.75. The van der Waals surface area contributed by atoms with Crippen LogP contribution >= 0.6 is 0 Å². The van der Waals surface area contributed by atoms with Crippen molar-refractivity contribution in [2.24, 2.45) is 0 Å². The summed E-state index contributed by atoms with van der Waals surface area (Å²) >= 11 is 0. The van der Waals surface area contributed by atoms with Gasteiger partial charge in [-0.15, -0.1) is 10.2 Å². The van der Waals surface area contributed by atoms with Crippen molar-refractivity contribution in [2.75, 3.05) is 13.7 Å². The molecule has 6 nitrogen and oxygen atoms in total. The van der Waals surface area contributed by atoms with Crippen molar-refractivity contribution < 1.29 is 19.0 Å². The van der Waals surface area contributed by atoms with Gasteiger partial charge < -0.3 is 14.2 Å². The molecule has 0 spiro atoms. The summed E-state index contributed by atoms with van der Waals surface area (Å²) in [4.78, 5) is 12.3. The molecule has 1 heterocycles. The standard InChI is InChI=1S/C22H22N2O4/c1-3-4-15-27-19-11-7-17(8-12-19)22(25)28-21-14-13-20(23-24-21)16-5-9-18(26-2)10-6-16/h5-14H,3-4,15H2,1-2H3. The van der Waals surface area contributed by atoms with Crippen LogP contribution < -0.4 is 14.2 Å². The van der Waals surface area contributed by atoms with Crippen molar-refractivity contribution in [2.45, 2.75) is 19.8 Å². The van der Waals surface area contributed by atoms with Gasteiger partial charge in [0, 0.05) is 11.6 Å². The quantitative estimate of drug-likeness (QED) is 0.423. The highest BCUT2D eigenvalue weighted by Gasteiger charge is 2.11. The zero-order valence-corrected chi connectivity index (χ0v) is 15.9. The summed E-state index contributed by atoms with van der Waals surface area (Å²) < 4.78 is 16.0. The average molecular weight is 378 g/mol. The molecule has 3 aromatic rings. The third-order valence-corrected chi connectivity index (χ3v) is 4.08. The molecule has 0 saturated carbocycles. The van der Waals surface area contributed by atoms with Crippen LogP contribution in [-0.2, 0) is 0 Å². The Bertz CT molecular complexity index is 891. The molecule has 28 heavy (non-hydrogen) atoms. The maximum Gasteiger partial charge on any atom is 0.344 e. The second kappa shape index (κ2) is 9.50. The predicted molar refractivity (Wildman–Crippen MR) is 106 cm³/mol. The van der Waals surface area contributed by atoms with Gasteiger partial charge in [-0.25, -0.2) is 4.79 Å². The van der Waals surface area contributed by atoms with E-state index in [1.54, 1.807) is 43.5 Å². The van der Waals surface area contributed by atoms with Crippen LogP contribution in [0.4, 0.5) is 0 Å². The molecule has 0 N–H and O–H groups in total. The first-order valence-electron chi connectivity index (χ1n) is 9.13. The summed E-state index contributed by atoms with van der Waals surface area (Å²) in [6.07, 6.45) is 2.07. The van der Waals surface area contributed by atoms with Gasteiger partial charge in [0.15, 0.2) is 0 Å². The summed E-state index contributed by atoms with van der Waals surface area (Å²) in [6, 6.07) is 17.7. The Morgan fingerprint density at radius 2 is 1.61 bits per heavy atom. The number of esters is 1. The van der Waals surface area contributed by atoms with Crippen molar-refractivity contribution >= 4 is 5.97 Å². The third-order valence-electron chi connectivity index (χ3n) is 4.08. The van der Waals surface area contributed by atoms with Gasteiger partial charge in [0.25, 0.3) is 0 Å². The SMILES string of the molecule is CCCCOc1ccc(C(=O)Oc2ccc(-c3ccc(OC)cc3)nn2)cc1. The fourth-order valence-corrected chi connectivity index (χ4v) is 2.47. The molecule has 2 aromatic carbocycles. The molecule has 0 aliphatic carbocycles. The van der Waals surface area contributed by atoms with Crippen LogP contribution in [0.3, 0.4) is 0 Å². The lowest BCUT2D eigenvalue weighted by Crippen LogP contribution is -2.10.